The summed E-state index contributed by atoms with van der Waals surface area (Å²) in [7, 11) is 0. The molecule has 1 heterocycles. The molecule has 1 aromatic carbocycles. The average Bonchev–Trinajstić information content (AvgIpc) is 2.37. The Balaban J connectivity index is 2.53. The van der Waals surface area contributed by atoms with Gasteiger partial charge in [-0.3, -0.25) is 9.59 Å². The van der Waals surface area contributed by atoms with Crippen LogP contribution in [-0.2, 0) is 0 Å². The average molecular weight is 287 g/mol. The van der Waals surface area contributed by atoms with Crippen molar-refractivity contribution in [2.75, 3.05) is 0 Å². The number of aromatic nitrogens is 2. The molecule has 21 heavy (non-hydrogen) atoms. The van der Waals surface area contributed by atoms with Gasteiger partial charge < -0.3 is 10.4 Å². The van der Waals surface area contributed by atoms with Crippen LogP contribution in [0.4, 0.5) is 0 Å². The maximum Gasteiger partial charge on any atom is 0.275 e. The molecule has 2 N–H and O–H groups in total. The molecule has 0 saturated carbocycles. The highest BCUT2D eigenvalue weighted by Gasteiger charge is 2.17. The quantitative estimate of drug-likeness (QED) is 0.893. The molecule has 0 bridgehead atoms. The molecule has 6 nitrogen and oxygen atoms in total. The minimum absolute atomic E-state index is 0.0990. The molecular formula is C15H17N3O3. The largest absolute Gasteiger partial charge is 0.505 e. The molecule has 0 aliphatic rings. The van der Waals surface area contributed by atoms with Gasteiger partial charge in [0.15, 0.2) is 11.4 Å². The van der Waals surface area contributed by atoms with Gasteiger partial charge in [-0.2, -0.15) is 9.78 Å². The monoisotopic (exact) mass is 287 g/mol. The van der Waals surface area contributed by atoms with Crippen LogP contribution in [0.3, 0.4) is 0 Å². The van der Waals surface area contributed by atoms with Crippen molar-refractivity contribution >= 4 is 5.91 Å². The smallest absolute Gasteiger partial charge is 0.275 e. The van der Waals surface area contributed by atoms with Gasteiger partial charge in [0, 0.05) is 12.1 Å². The Morgan fingerprint density at radius 3 is 2.67 bits per heavy atom. The molecule has 2 aromatic rings. The Kier molecular flexibility index (Phi) is 4.07. The van der Waals surface area contributed by atoms with Gasteiger partial charge in [0.1, 0.15) is 0 Å². The van der Waals surface area contributed by atoms with Crippen molar-refractivity contribution in [3.63, 3.8) is 0 Å². The summed E-state index contributed by atoms with van der Waals surface area (Å²) in [5, 5.41) is 16.4. The zero-order valence-corrected chi connectivity index (χ0v) is 12.1. The number of nitrogens with one attached hydrogen (secondary N) is 1. The topological polar surface area (TPSA) is 84.2 Å². The van der Waals surface area contributed by atoms with Crippen LogP contribution in [0.2, 0.25) is 0 Å². The van der Waals surface area contributed by atoms with E-state index in [1.54, 1.807) is 32.0 Å². The maximum absolute atomic E-state index is 12.0. The zero-order chi connectivity index (χ0) is 15.6. The molecule has 0 radical (unpaired) electrons. The van der Waals surface area contributed by atoms with Gasteiger partial charge in [0.05, 0.1) is 5.69 Å². The van der Waals surface area contributed by atoms with Crippen LogP contribution in [0.25, 0.3) is 5.69 Å². The third-order valence-electron chi connectivity index (χ3n) is 2.79. The highest BCUT2D eigenvalue weighted by Crippen LogP contribution is 2.13. The molecule has 110 valence electrons. The highest BCUT2D eigenvalue weighted by atomic mass is 16.3. The third kappa shape index (κ3) is 3.28. The van der Waals surface area contributed by atoms with E-state index >= 15 is 0 Å². The highest BCUT2D eigenvalue weighted by molar-refractivity contribution is 5.94. The third-order valence-corrected chi connectivity index (χ3v) is 2.79. The minimum atomic E-state index is -0.524. The zero-order valence-electron chi connectivity index (χ0n) is 12.1. The van der Waals surface area contributed by atoms with Gasteiger partial charge in [0.25, 0.3) is 11.5 Å². The van der Waals surface area contributed by atoms with E-state index < -0.39 is 17.2 Å². The fraction of sp³-hybridized carbons (Fsp3) is 0.267. The fourth-order valence-electron chi connectivity index (χ4n) is 1.88. The first-order valence-electron chi connectivity index (χ1n) is 6.59. The molecule has 0 saturated heterocycles. The summed E-state index contributed by atoms with van der Waals surface area (Å²) in [4.78, 5) is 23.9. The van der Waals surface area contributed by atoms with E-state index in [4.69, 9.17) is 0 Å². The number of hydrogen-bond donors (Lipinski definition) is 2. The summed E-state index contributed by atoms with van der Waals surface area (Å²) < 4.78 is 1.10. The van der Waals surface area contributed by atoms with Crippen molar-refractivity contribution in [1.29, 1.82) is 0 Å². The minimum Gasteiger partial charge on any atom is -0.505 e. The number of carbonyl (C=O) groups excluding carboxylic acids is 1. The summed E-state index contributed by atoms with van der Waals surface area (Å²) in [6.45, 7) is 5.48. The van der Waals surface area contributed by atoms with Gasteiger partial charge >= 0.3 is 0 Å². The van der Waals surface area contributed by atoms with Crippen LogP contribution in [0.5, 0.6) is 5.75 Å². The summed E-state index contributed by atoms with van der Waals surface area (Å²) in [6.07, 6.45) is 0. The molecule has 0 atom stereocenters. The Bertz CT molecular complexity index is 735. The van der Waals surface area contributed by atoms with Crippen molar-refractivity contribution in [2.45, 2.75) is 26.8 Å². The van der Waals surface area contributed by atoms with Crippen LogP contribution in [0, 0.1) is 6.92 Å². The van der Waals surface area contributed by atoms with Crippen molar-refractivity contribution < 1.29 is 9.90 Å². The molecule has 1 amide bonds. The number of benzene rings is 1. The molecule has 1 aromatic heterocycles. The molecule has 0 aliphatic carbocycles. The van der Waals surface area contributed by atoms with E-state index in [9.17, 15) is 14.7 Å². The number of nitrogens with zero attached hydrogens (tertiary/aromatic N) is 2. The maximum atomic E-state index is 12.0. The Hall–Kier alpha value is -2.63. The van der Waals surface area contributed by atoms with Crippen LogP contribution in [0.15, 0.2) is 35.1 Å². The molecule has 6 heteroatoms. The molecule has 0 unspecified atom stereocenters. The van der Waals surface area contributed by atoms with Crippen LogP contribution < -0.4 is 10.9 Å². The Morgan fingerprint density at radius 1 is 1.33 bits per heavy atom. The van der Waals surface area contributed by atoms with Crippen LogP contribution in [0.1, 0.15) is 29.9 Å². The van der Waals surface area contributed by atoms with E-state index in [-0.39, 0.29) is 11.7 Å². The van der Waals surface area contributed by atoms with Crippen molar-refractivity contribution in [1.82, 2.24) is 15.1 Å². The first-order chi connectivity index (χ1) is 9.88. The summed E-state index contributed by atoms with van der Waals surface area (Å²) >= 11 is 0. The normalized spacial score (nSPS) is 10.7. The second-order valence-corrected chi connectivity index (χ2v) is 5.10. The molecule has 0 aliphatic heterocycles. The number of aryl methyl sites for hydroxylation is 1. The number of hydrogen-bond acceptors (Lipinski definition) is 4. The first kappa shape index (κ1) is 14.8. The number of aromatic hydroxyl groups is 1. The van der Waals surface area contributed by atoms with Gasteiger partial charge in [0.2, 0.25) is 0 Å². The predicted octanol–water partition coefficient (Wildman–Crippen LogP) is 1.38. The van der Waals surface area contributed by atoms with Gasteiger partial charge in [-0.05, 0) is 38.5 Å². The second kappa shape index (κ2) is 5.78. The summed E-state index contributed by atoms with van der Waals surface area (Å²) in [5.41, 5.74) is 0.824. The molecule has 0 fully saturated rings. The van der Waals surface area contributed by atoms with Gasteiger partial charge in [-0.25, -0.2) is 0 Å². The lowest BCUT2D eigenvalue weighted by molar-refractivity contribution is 0.0933. The van der Waals surface area contributed by atoms with Crippen LogP contribution in [-0.4, -0.2) is 26.8 Å². The fourth-order valence-corrected chi connectivity index (χ4v) is 1.88. The SMILES string of the molecule is Cc1cccc(-n2nc(C(=O)NC(C)C)c(O)cc2=O)c1. The second-order valence-electron chi connectivity index (χ2n) is 5.10. The van der Waals surface area contributed by atoms with E-state index in [1.165, 1.54) is 0 Å². The van der Waals surface area contributed by atoms with Gasteiger partial charge in [-0.15, -0.1) is 0 Å². The number of rotatable bonds is 3. The molecular weight excluding hydrogens is 270 g/mol. The Morgan fingerprint density at radius 2 is 2.05 bits per heavy atom. The Labute approximate surface area is 122 Å². The lowest BCUT2D eigenvalue weighted by atomic mass is 10.2. The van der Waals surface area contributed by atoms with E-state index in [1.807, 2.05) is 13.0 Å². The summed E-state index contributed by atoms with van der Waals surface area (Å²) in [6, 6.07) is 8.06. The van der Waals surface area contributed by atoms with E-state index in [0.29, 0.717) is 5.69 Å². The van der Waals surface area contributed by atoms with E-state index in [0.717, 1.165) is 16.3 Å². The summed E-state index contributed by atoms with van der Waals surface area (Å²) in [5.74, 6) is -0.953. The van der Waals surface area contributed by atoms with Crippen molar-refractivity contribution in [3.8, 4) is 11.4 Å². The van der Waals surface area contributed by atoms with Crippen LogP contribution >= 0.6 is 0 Å². The van der Waals surface area contributed by atoms with Gasteiger partial charge in [-0.1, -0.05) is 12.1 Å². The van der Waals surface area contributed by atoms with Crippen molar-refractivity contribution in [2.24, 2.45) is 0 Å². The number of amides is 1. The molecule has 0 spiro atoms. The predicted molar refractivity (Wildman–Crippen MR) is 78.8 cm³/mol. The number of carbonyl (C=O) groups is 1. The first-order valence-corrected chi connectivity index (χ1v) is 6.59. The molecule has 2 rings (SSSR count). The lowest BCUT2D eigenvalue weighted by Gasteiger charge is -2.11. The van der Waals surface area contributed by atoms with Crippen molar-refractivity contribution in [3.05, 3.63) is 51.9 Å². The lowest BCUT2D eigenvalue weighted by Crippen LogP contribution is -2.33. The standard InChI is InChI=1S/C15H17N3O3/c1-9(2)16-15(21)14-12(19)8-13(20)18(17-14)11-6-4-5-10(3)7-11/h4-9,19H,1-3H3,(H,16,21). The van der Waals surface area contributed by atoms with E-state index in [2.05, 4.69) is 10.4 Å².